The number of carboxylic acids is 1. The van der Waals surface area contributed by atoms with E-state index >= 15 is 0 Å². The summed E-state index contributed by atoms with van der Waals surface area (Å²) in [4.78, 5) is 16.1. The number of imidazole rings is 1. The number of rotatable bonds is 4. The predicted molar refractivity (Wildman–Crippen MR) is 79.8 cm³/mol. The van der Waals surface area contributed by atoms with Crippen LogP contribution in [0.4, 0.5) is 0 Å². The van der Waals surface area contributed by atoms with Crippen molar-refractivity contribution in [2.45, 2.75) is 6.54 Å². The van der Waals surface area contributed by atoms with Crippen LogP contribution < -0.4 is 0 Å². The molecule has 2 heterocycles. The molecule has 3 rings (SSSR count). The highest BCUT2D eigenvalue weighted by atomic mass is 32.1. The van der Waals surface area contributed by atoms with Crippen molar-refractivity contribution in [1.29, 1.82) is 0 Å². The van der Waals surface area contributed by atoms with Crippen molar-refractivity contribution >= 4 is 34.4 Å². The number of carbonyl (C=O) groups is 1. The van der Waals surface area contributed by atoms with E-state index in [1.54, 1.807) is 17.4 Å². The third kappa shape index (κ3) is 2.48. The molecule has 5 heteroatoms. The molecule has 0 spiro atoms. The molecule has 0 saturated carbocycles. The molecule has 0 atom stereocenters. The number of hydrogen-bond donors (Lipinski definition) is 1. The Labute approximate surface area is 119 Å². The molecule has 0 bridgehead atoms. The van der Waals surface area contributed by atoms with Crippen molar-refractivity contribution in [3.63, 3.8) is 0 Å². The Morgan fingerprint density at radius 3 is 3.05 bits per heavy atom. The fraction of sp³-hybridized carbons (Fsp3) is 0.0667. The van der Waals surface area contributed by atoms with Gasteiger partial charge >= 0.3 is 5.97 Å². The average Bonchev–Trinajstić information content (AvgIpc) is 3.05. The van der Waals surface area contributed by atoms with Crippen molar-refractivity contribution in [1.82, 2.24) is 9.55 Å². The molecule has 4 nitrogen and oxygen atoms in total. The Morgan fingerprint density at radius 2 is 2.20 bits per heavy atom. The summed E-state index contributed by atoms with van der Waals surface area (Å²) in [5, 5.41) is 10.7. The number of aliphatic carboxylic acids is 1. The summed E-state index contributed by atoms with van der Waals surface area (Å²) in [5.74, 6) is -0.935. The molecule has 20 heavy (non-hydrogen) atoms. The summed E-state index contributed by atoms with van der Waals surface area (Å²) in [6.07, 6.45) is 4.61. The van der Waals surface area contributed by atoms with E-state index in [-0.39, 0.29) is 0 Å². The van der Waals surface area contributed by atoms with Crippen LogP contribution in [0.1, 0.15) is 10.4 Å². The minimum Gasteiger partial charge on any atom is -0.478 e. The number of fused-ring (bicyclic) bond motifs is 1. The van der Waals surface area contributed by atoms with E-state index in [0.717, 1.165) is 27.6 Å². The molecule has 2 aromatic heterocycles. The smallest absolute Gasteiger partial charge is 0.328 e. The van der Waals surface area contributed by atoms with Crippen LogP contribution in [-0.2, 0) is 11.3 Å². The molecule has 100 valence electrons. The third-order valence-corrected chi connectivity index (χ3v) is 3.95. The van der Waals surface area contributed by atoms with E-state index in [4.69, 9.17) is 5.11 Å². The Bertz CT molecular complexity index is 786. The maximum atomic E-state index is 10.6. The number of nitrogens with zero attached hydrogens (tertiary/aromatic N) is 2. The lowest BCUT2D eigenvalue weighted by Crippen LogP contribution is -1.97. The zero-order valence-electron chi connectivity index (χ0n) is 10.6. The lowest BCUT2D eigenvalue weighted by Gasteiger charge is -2.03. The molecule has 3 aromatic rings. The second-order valence-corrected chi connectivity index (χ2v) is 5.33. The first-order chi connectivity index (χ1) is 9.74. The van der Waals surface area contributed by atoms with Crippen LogP contribution in [0.3, 0.4) is 0 Å². The second-order valence-electron chi connectivity index (χ2n) is 4.33. The van der Waals surface area contributed by atoms with Gasteiger partial charge in [-0.3, -0.25) is 0 Å². The highest BCUT2D eigenvalue weighted by Crippen LogP contribution is 2.22. The molecule has 0 amide bonds. The second kappa shape index (κ2) is 5.30. The van der Waals surface area contributed by atoms with Crippen molar-refractivity contribution in [3.05, 3.63) is 58.6 Å². The summed E-state index contributed by atoms with van der Waals surface area (Å²) < 4.78 is 2.07. The van der Waals surface area contributed by atoms with Crippen LogP contribution >= 0.6 is 11.3 Å². The van der Waals surface area contributed by atoms with Gasteiger partial charge in [0.25, 0.3) is 0 Å². The summed E-state index contributed by atoms with van der Waals surface area (Å²) in [5.41, 5.74) is 2.98. The zero-order valence-corrected chi connectivity index (χ0v) is 11.4. The van der Waals surface area contributed by atoms with Crippen LogP contribution in [0.25, 0.3) is 17.1 Å². The molecule has 0 aliphatic carbocycles. The number of thiophene rings is 1. The Morgan fingerprint density at radius 1 is 1.35 bits per heavy atom. The van der Waals surface area contributed by atoms with Crippen LogP contribution in [0.2, 0.25) is 0 Å². The van der Waals surface area contributed by atoms with Crippen molar-refractivity contribution < 1.29 is 9.90 Å². The van der Waals surface area contributed by atoms with Crippen molar-refractivity contribution in [2.75, 3.05) is 0 Å². The van der Waals surface area contributed by atoms with Crippen LogP contribution in [-0.4, -0.2) is 20.6 Å². The lowest BCUT2D eigenvalue weighted by atomic mass is 10.2. The largest absolute Gasteiger partial charge is 0.478 e. The van der Waals surface area contributed by atoms with Gasteiger partial charge in [0, 0.05) is 11.0 Å². The van der Waals surface area contributed by atoms with Gasteiger partial charge in [0.15, 0.2) is 0 Å². The quantitative estimate of drug-likeness (QED) is 0.748. The Hall–Kier alpha value is -2.40. The van der Waals surface area contributed by atoms with Crippen LogP contribution in [0, 0.1) is 0 Å². The lowest BCUT2D eigenvalue weighted by molar-refractivity contribution is -0.131. The minimum absolute atomic E-state index is 0.692. The molecule has 0 unspecified atom stereocenters. The fourth-order valence-corrected chi connectivity index (χ4v) is 2.94. The number of carboxylic acid groups (broad SMARTS) is 1. The number of hydrogen-bond acceptors (Lipinski definition) is 3. The van der Waals surface area contributed by atoms with Gasteiger partial charge < -0.3 is 9.67 Å². The monoisotopic (exact) mass is 284 g/mol. The molecule has 0 aliphatic rings. The average molecular weight is 284 g/mol. The molecule has 1 aromatic carbocycles. The van der Waals surface area contributed by atoms with Gasteiger partial charge in [0.2, 0.25) is 0 Å². The van der Waals surface area contributed by atoms with Crippen LogP contribution in [0.5, 0.6) is 0 Å². The summed E-state index contributed by atoms with van der Waals surface area (Å²) >= 11 is 1.62. The molecular formula is C15H12N2O2S. The zero-order chi connectivity index (χ0) is 13.9. The van der Waals surface area contributed by atoms with E-state index in [9.17, 15) is 4.79 Å². The topological polar surface area (TPSA) is 55.1 Å². The number of para-hydroxylation sites is 2. The van der Waals surface area contributed by atoms with Crippen LogP contribution in [0.15, 0.2) is 48.1 Å². The van der Waals surface area contributed by atoms with Crippen molar-refractivity contribution in [2.24, 2.45) is 0 Å². The van der Waals surface area contributed by atoms with Crippen molar-refractivity contribution in [3.8, 4) is 0 Å². The molecule has 0 radical (unpaired) electrons. The van der Waals surface area contributed by atoms with Gasteiger partial charge in [0.05, 0.1) is 23.9 Å². The Balaban J connectivity index is 1.92. The summed E-state index contributed by atoms with van der Waals surface area (Å²) in [6, 6.07) is 9.89. The van der Waals surface area contributed by atoms with Gasteiger partial charge in [-0.1, -0.05) is 12.1 Å². The first kappa shape index (κ1) is 12.6. The maximum Gasteiger partial charge on any atom is 0.328 e. The standard InChI is InChI=1S/C15H12N2O2S/c18-15(19)6-5-11-7-8-20-14(11)9-17-10-16-12-3-1-2-4-13(12)17/h1-8,10H,9H2,(H,18,19). The van der Waals surface area contributed by atoms with Gasteiger partial charge in [-0.25, -0.2) is 9.78 Å². The molecule has 0 saturated heterocycles. The minimum atomic E-state index is -0.935. The Kier molecular flexibility index (Phi) is 3.35. The van der Waals surface area contributed by atoms with Gasteiger partial charge in [0.1, 0.15) is 0 Å². The van der Waals surface area contributed by atoms with E-state index in [2.05, 4.69) is 9.55 Å². The molecule has 0 aliphatic heterocycles. The number of aromatic nitrogens is 2. The van der Waals surface area contributed by atoms with E-state index < -0.39 is 5.97 Å². The molecule has 1 N–H and O–H groups in total. The number of benzene rings is 1. The molecule has 0 fully saturated rings. The first-order valence-corrected chi connectivity index (χ1v) is 6.99. The van der Waals surface area contributed by atoms with Gasteiger partial charge in [-0.15, -0.1) is 11.3 Å². The highest BCUT2D eigenvalue weighted by molar-refractivity contribution is 7.10. The predicted octanol–water partition coefficient (Wildman–Crippen LogP) is 3.24. The third-order valence-electron chi connectivity index (χ3n) is 3.03. The molecular weight excluding hydrogens is 272 g/mol. The maximum absolute atomic E-state index is 10.6. The highest BCUT2D eigenvalue weighted by Gasteiger charge is 2.06. The summed E-state index contributed by atoms with van der Waals surface area (Å²) in [7, 11) is 0. The van der Waals surface area contributed by atoms with E-state index in [1.807, 2.05) is 42.0 Å². The first-order valence-electron chi connectivity index (χ1n) is 6.11. The van der Waals surface area contributed by atoms with E-state index in [1.165, 1.54) is 0 Å². The fourth-order valence-electron chi connectivity index (χ4n) is 2.08. The van der Waals surface area contributed by atoms with Gasteiger partial charge in [-0.2, -0.15) is 0 Å². The van der Waals surface area contributed by atoms with Gasteiger partial charge in [-0.05, 0) is 35.2 Å². The SMILES string of the molecule is O=C(O)C=Cc1ccsc1Cn1cnc2ccccc21. The normalized spacial score (nSPS) is 11.4. The van der Waals surface area contributed by atoms with E-state index in [0.29, 0.717) is 6.54 Å². The summed E-state index contributed by atoms with van der Waals surface area (Å²) in [6.45, 7) is 0.692.